The number of hydrogen-bond donors (Lipinski definition) is 1. The molecule has 0 aliphatic rings. The van der Waals surface area contributed by atoms with Crippen LogP contribution in [0.3, 0.4) is 0 Å². The Morgan fingerprint density at radius 1 is 1.12 bits per heavy atom. The van der Waals surface area contributed by atoms with Crippen molar-refractivity contribution in [3.8, 4) is 11.8 Å². The molecule has 1 heterocycles. The quantitative estimate of drug-likeness (QED) is 0.853. The number of aromatic nitrogens is 2. The van der Waals surface area contributed by atoms with Gasteiger partial charge in [0.15, 0.2) is 0 Å². The van der Waals surface area contributed by atoms with Crippen LogP contribution in [0.2, 0.25) is 0 Å². The molecule has 0 saturated carbocycles. The molecule has 0 saturated heterocycles. The van der Waals surface area contributed by atoms with Gasteiger partial charge >= 0.3 is 6.01 Å². The highest BCUT2D eigenvalue weighted by molar-refractivity contribution is 5.30. The van der Waals surface area contributed by atoms with Crippen molar-refractivity contribution < 1.29 is 4.74 Å². The second kappa shape index (κ2) is 4.72. The van der Waals surface area contributed by atoms with Crippen LogP contribution in [0, 0.1) is 0 Å². The molecular weight excluding hydrogens is 202 g/mol. The highest BCUT2D eigenvalue weighted by Gasteiger charge is 2.01. The van der Waals surface area contributed by atoms with E-state index in [2.05, 4.69) is 9.97 Å². The number of nitrogens with zero attached hydrogens (tertiary/aromatic N) is 2. The third kappa shape index (κ3) is 2.55. The average molecular weight is 215 g/mol. The fraction of sp³-hybridized carbons (Fsp3) is 0.167. The minimum absolute atomic E-state index is 0.0297. The van der Waals surface area contributed by atoms with Crippen molar-refractivity contribution in [2.45, 2.75) is 13.0 Å². The lowest BCUT2D eigenvalue weighted by molar-refractivity contribution is 0.441. The van der Waals surface area contributed by atoms with Gasteiger partial charge in [0.1, 0.15) is 5.75 Å². The molecule has 1 aromatic heterocycles. The van der Waals surface area contributed by atoms with Crippen LogP contribution < -0.4 is 10.5 Å². The molecule has 0 spiro atoms. The number of benzene rings is 1. The standard InChI is InChI=1S/C12H13N3O/c1-9(13)10-3-5-11(6-4-10)16-12-14-7-2-8-15-12/h2-9H,13H2,1H3/t9-/m1/s1. The minimum Gasteiger partial charge on any atom is -0.424 e. The maximum atomic E-state index is 5.75. The van der Waals surface area contributed by atoms with Crippen LogP contribution in [0.5, 0.6) is 11.8 Å². The molecule has 4 heteroatoms. The van der Waals surface area contributed by atoms with Gasteiger partial charge in [-0.1, -0.05) is 12.1 Å². The molecule has 0 aliphatic heterocycles. The molecule has 4 nitrogen and oxygen atoms in total. The van der Waals surface area contributed by atoms with Crippen molar-refractivity contribution >= 4 is 0 Å². The summed E-state index contributed by atoms with van der Waals surface area (Å²) in [5, 5.41) is 0. The molecule has 2 N–H and O–H groups in total. The van der Waals surface area contributed by atoms with Crippen LogP contribution in [0.1, 0.15) is 18.5 Å². The van der Waals surface area contributed by atoms with Crippen molar-refractivity contribution in [2.24, 2.45) is 5.73 Å². The Morgan fingerprint density at radius 2 is 1.75 bits per heavy atom. The van der Waals surface area contributed by atoms with Gasteiger partial charge in [-0.25, -0.2) is 9.97 Å². The summed E-state index contributed by atoms with van der Waals surface area (Å²) in [4.78, 5) is 7.95. The predicted octanol–water partition coefficient (Wildman–Crippen LogP) is 2.29. The van der Waals surface area contributed by atoms with Crippen LogP contribution >= 0.6 is 0 Å². The van der Waals surface area contributed by atoms with Gasteiger partial charge in [-0.2, -0.15) is 0 Å². The molecule has 0 unspecified atom stereocenters. The smallest absolute Gasteiger partial charge is 0.321 e. The summed E-state index contributed by atoms with van der Waals surface area (Å²) in [5.74, 6) is 0.704. The van der Waals surface area contributed by atoms with Crippen LogP contribution in [0.15, 0.2) is 42.7 Å². The molecular formula is C12H13N3O. The van der Waals surface area contributed by atoms with E-state index in [0.717, 1.165) is 5.56 Å². The zero-order valence-corrected chi connectivity index (χ0v) is 9.00. The van der Waals surface area contributed by atoms with E-state index in [9.17, 15) is 0 Å². The summed E-state index contributed by atoms with van der Waals surface area (Å²) in [6.07, 6.45) is 3.28. The molecule has 0 radical (unpaired) electrons. The molecule has 2 rings (SSSR count). The fourth-order valence-electron chi connectivity index (χ4n) is 1.28. The van der Waals surface area contributed by atoms with Crippen LogP contribution in [-0.2, 0) is 0 Å². The lowest BCUT2D eigenvalue weighted by Crippen LogP contribution is -2.04. The molecule has 0 bridgehead atoms. The number of rotatable bonds is 3. The van der Waals surface area contributed by atoms with E-state index in [4.69, 9.17) is 10.5 Å². The Balaban J connectivity index is 2.11. The Labute approximate surface area is 94.1 Å². The summed E-state index contributed by atoms with van der Waals surface area (Å²) in [6, 6.07) is 9.69. The predicted molar refractivity (Wildman–Crippen MR) is 61.2 cm³/mol. The van der Waals surface area contributed by atoms with Gasteiger partial charge in [0.05, 0.1) is 0 Å². The zero-order valence-electron chi connectivity index (χ0n) is 9.00. The molecule has 1 aromatic carbocycles. The van der Waals surface area contributed by atoms with E-state index in [-0.39, 0.29) is 6.04 Å². The van der Waals surface area contributed by atoms with Crippen LogP contribution in [-0.4, -0.2) is 9.97 Å². The van der Waals surface area contributed by atoms with Crippen molar-refractivity contribution in [1.82, 2.24) is 9.97 Å². The first-order valence-corrected chi connectivity index (χ1v) is 5.06. The summed E-state index contributed by atoms with van der Waals surface area (Å²) >= 11 is 0. The van der Waals surface area contributed by atoms with Gasteiger partial charge in [-0.3, -0.25) is 0 Å². The molecule has 0 amide bonds. The van der Waals surface area contributed by atoms with Crippen LogP contribution in [0.4, 0.5) is 0 Å². The van der Waals surface area contributed by atoms with Crippen molar-refractivity contribution in [1.29, 1.82) is 0 Å². The lowest BCUT2D eigenvalue weighted by Gasteiger charge is -2.07. The van der Waals surface area contributed by atoms with Crippen molar-refractivity contribution in [3.63, 3.8) is 0 Å². The van der Waals surface area contributed by atoms with Crippen molar-refractivity contribution in [2.75, 3.05) is 0 Å². The largest absolute Gasteiger partial charge is 0.424 e. The Hall–Kier alpha value is -1.94. The second-order valence-electron chi connectivity index (χ2n) is 3.49. The summed E-state index contributed by atoms with van der Waals surface area (Å²) < 4.78 is 5.45. The monoisotopic (exact) mass is 215 g/mol. The molecule has 16 heavy (non-hydrogen) atoms. The van der Waals surface area contributed by atoms with E-state index in [1.807, 2.05) is 31.2 Å². The molecule has 1 atom stereocenters. The second-order valence-corrected chi connectivity index (χ2v) is 3.49. The minimum atomic E-state index is 0.0297. The number of hydrogen-bond acceptors (Lipinski definition) is 4. The third-order valence-corrected chi connectivity index (χ3v) is 2.16. The summed E-state index contributed by atoms with van der Waals surface area (Å²) in [7, 11) is 0. The lowest BCUT2D eigenvalue weighted by atomic mass is 10.1. The zero-order chi connectivity index (χ0) is 11.4. The van der Waals surface area contributed by atoms with Crippen molar-refractivity contribution in [3.05, 3.63) is 48.3 Å². The van der Waals surface area contributed by atoms with E-state index in [0.29, 0.717) is 11.8 Å². The van der Waals surface area contributed by atoms with Gasteiger partial charge in [0.25, 0.3) is 0 Å². The third-order valence-electron chi connectivity index (χ3n) is 2.16. The first-order valence-electron chi connectivity index (χ1n) is 5.06. The average Bonchev–Trinajstić information content (AvgIpc) is 2.31. The summed E-state index contributed by atoms with van der Waals surface area (Å²) in [6.45, 7) is 1.94. The van der Waals surface area contributed by atoms with E-state index in [1.165, 1.54) is 0 Å². The molecule has 82 valence electrons. The number of nitrogens with two attached hydrogens (primary N) is 1. The van der Waals surface area contributed by atoms with Crippen LogP contribution in [0.25, 0.3) is 0 Å². The van der Waals surface area contributed by atoms with Gasteiger partial charge < -0.3 is 10.5 Å². The highest BCUT2D eigenvalue weighted by atomic mass is 16.5. The molecule has 0 fully saturated rings. The fourth-order valence-corrected chi connectivity index (χ4v) is 1.28. The van der Waals surface area contributed by atoms with E-state index >= 15 is 0 Å². The first-order chi connectivity index (χ1) is 7.75. The molecule has 0 aliphatic carbocycles. The maximum absolute atomic E-state index is 5.75. The SMILES string of the molecule is C[C@@H](N)c1ccc(Oc2ncccn2)cc1. The first kappa shape index (κ1) is 10.6. The Morgan fingerprint density at radius 3 is 2.31 bits per heavy atom. The van der Waals surface area contributed by atoms with E-state index in [1.54, 1.807) is 18.5 Å². The van der Waals surface area contributed by atoms with Gasteiger partial charge in [-0.05, 0) is 30.7 Å². The summed E-state index contributed by atoms with van der Waals surface area (Å²) in [5.41, 5.74) is 6.82. The van der Waals surface area contributed by atoms with Gasteiger partial charge in [0.2, 0.25) is 0 Å². The molecule has 2 aromatic rings. The van der Waals surface area contributed by atoms with Gasteiger partial charge in [-0.15, -0.1) is 0 Å². The maximum Gasteiger partial charge on any atom is 0.321 e. The van der Waals surface area contributed by atoms with E-state index < -0.39 is 0 Å². The van der Waals surface area contributed by atoms with Gasteiger partial charge in [0, 0.05) is 18.4 Å². The topological polar surface area (TPSA) is 61.0 Å². The Bertz CT molecular complexity index is 440. The number of ether oxygens (including phenoxy) is 1. The normalized spacial score (nSPS) is 12.1. The highest BCUT2D eigenvalue weighted by Crippen LogP contribution is 2.19. The Kier molecular flexibility index (Phi) is 3.12.